The zero-order valence-corrected chi connectivity index (χ0v) is 15.2. The fraction of sp³-hybridized carbons (Fsp3) is 0.136. The molecule has 1 aromatic heterocycles. The lowest BCUT2D eigenvalue weighted by molar-refractivity contribution is -0.112. The molecule has 1 heterocycles. The van der Waals surface area contributed by atoms with Gasteiger partial charge >= 0.3 is 0 Å². The van der Waals surface area contributed by atoms with Crippen molar-refractivity contribution in [2.75, 3.05) is 5.32 Å². The molecule has 132 valence electrons. The van der Waals surface area contributed by atoms with E-state index < -0.39 is 5.91 Å². The maximum absolute atomic E-state index is 12.6. The lowest BCUT2D eigenvalue weighted by atomic mass is 10.1. The number of para-hydroxylation sites is 1. The molecule has 5 heteroatoms. The minimum absolute atomic E-state index is 0.00749. The van der Waals surface area contributed by atoms with Gasteiger partial charge in [0.1, 0.15) is 18.2 Å². The number of hydrogen-bond acceptors (Lipinski definition) is 3. The first-order valence-electron chi connectivity index (χ1n) is 8.48. The Hall–Kier alpha value is -3.83. The van der Waals surface area contributed by atoms with Gasteiger partial charge in [-0.2, -0.15) is 10.5 Å². The van der Waals surface area contributed by atoms with Crippen LogP contribution in [0.5, 0.6) is 0 Å². The Labute approximate surface area is 157 Å². The minimum Gasteiger partial charge on any atom is -0.333 e. The molecule has 0 saturated carbocycles. The minimum atomic E-state index is -0.460. The lowest BCUT2D eigenvalue weighted by Crippen LogP contribution is -2.13. The highest BCUT2D eigenvalue weighted by Crippen LogP contribution is 2.24. The number of aromatic nitrogens is 1. The SMILES string of the molecule is Cc1ccc(NC(=O)C(C#N)=Cc2cn(CC#N)c3ccccc23)cc1C. The molecule has 0 saturated heterocycles. The van der Waals surface area contributed by atoms with E-state index in [9.17, 15) is 10.1 Å². The molecular weight excluding hydrogens is 336 g/mol. The summed E-state index contributed by atoms with van der Waals surface area (Å²) < 4.78 is 1.80. The van der Waals surface area contributed by atoms with Crippen LogP contribution in [0.4, 0.5) is 5.69 Å². The van der Waals surface area contributed by atoms with E-state index in [1.807, 2.05) is 62.4 Å². The number of carbonyl (C=O) groups excluding carboxylic acids is 1. The zero-order valence-electron chi connectivity index (χ0n) is 15.2. The molecule has 1 N–H and O–H groups in total. The quantitative estimate of drug-likeness (QED) is 0.559. The Balaban J connectivity index is 1.96. The number of hydrogen-bond donors (Lipinski definition) is 1. The molecular formula is C22H18N4O. The van der Waals surface area contributed by atoms with E-state index in [0.29, 0.717) is 5.69 Å². The van der Waals surface area contributed by atoms with Gasteiger partial charge in [-0.3, -0.25) is 4.79 Å². The van der Waals surface area contributed by atoms with Gasteiger partial charge in [0, 0.05) is 28.4 Å². The lowest BCUT2D eigenvalue weighted by Gasteiger charge is -2.07. The molecule has 0 aliphatic carbocycles. The second-order valence-electron chi connectivity index (χ2n) is 6.31. The Morgan fingerprint density at radius 3 is 2.63 bits per heavy atom. The molecule has 2 aromatic carbocycles. The van der Waals surface area contributed by atoms with Crippen LogP contribution in [0.1, 0.15) is 16.7 Å². The summed E-state index contributed by atoms with van der Waals surface area (Å²) in [6.45, 7) is 4.17. The molecule has 0 unspecified atom stereocenters. The molecule has 3 rings (SSSR count). The monoisotopic (exact) mass is 354 g/mol. The number of nitrogens with one attached hydrogen (secondary N) is 1. The van der Waals surface area contributed by atoms with Crippen molar-refractivity contribution in [2.45, 2.75) is 20.4 Å². The topological polar surface area (TPSA) is 81.6 Å². The summed E-state index contributed by atoms with van der Waals surface area (Å²) in [7, 11) is 0. The number of aryl methyl sites for hydroxylation is 2. The second kappa shape index (κ2) is 7.59. The third-order valence-corrected chi connectivity index (χ3v) is 4.49. The van der Waals surface area contributed by atoms with Crippen LogP contribution in [0, 0.1) is 36.5 Å². The molecule has 1 amide bonds. The molecule has 0 radical (unpaired) electrons. The van der Waals surface area contributed by atoms with E-state index >= 15 is 0 Å². The van der Waals surface area contributed by atoms with Crippen molar-refractivity contribution in [1.82, 2.24) is 4.57 Å². The Bertz CT molecular complexity index is 1140. The average Bonchev–Trinajstić information content (AvgIpc) is 3.01. The van der Waals surface area contributed by atoms with Gasteiger partial charge in [0.15, 0.2) is 0 Å². The number of carbonyl (C=O) groups is 1. The largest absolute Gasteiger partial charge is 0.333 e. The highest BCUT2D eigenvalue weighted by atomic mass is 16.1. The number of amides is 1. The number of rotatable bonds is 4. The van der Waals surface area contributed by atoms with Gasteiger partial charge < -0.3 is 9.88 Å². The third kappa shape index (κ3) is 3.73. The number of fused-ring (bicyclic) bond motifs is 1. The zero-order chi connectivity index (χ0) is 19.4. The van der Waals surface area contributed by atoms with Crippen molar-refractivity contribution in [2.24, 2.45) is 0 Å². The molecule has 0 bridgehead atoms. The van der Waals surface area contributed by atoms with Crippen molar-refractivity contribution in [3.8, 4) is 12.1 Å². The molecule has 0 spiro atoms. The maximum Gasteiger partial charge on any atom is 0.266 e. The number of nitriles is 2. The molecule has 0 aliphatic rings. The van der Waals surface area contributed by atoms with E-state index in [-0.39, 0.29) is 12.1 Å². The van der Waals surface area contributed by atoms with Crippen LogP contribution in [0.15, 0.2) is 54.2 Å². The van der Waals surface area contributed by atoms with Crippen LogP contribution < -0.4 is 5.32 Å². The van der Waals surface area contributed by atoms with E-state index in [0.717, 1.165) is 27.6 Å². The van der Waals surface area contributed by atoms with Gasteiger partial charge in [-0.25, -0.2) is 0 Å². The summed E-state index contributed by atoms with van der Waals surface area (Å²) in [5, 5.41) is 22.1. The van der Waals surface area contributed by atoms with Gasteiger partial charge in [0.2, 0.25) is 0 Å². The van der Waals surface area contributed by atoms with E-state index in [1.165, 1.54) is 0 Å². The number of benzene rings is 2. The van der Waals surface area contributed by atoms with Gasteiger partial charge in [-0.1, -0.05) is 24.3 Å². The molecule has 0 aliphatic heterocycles. The summed E-state index contributed by atoms with van der Waals surface area (Å²) in [5.74, 6) is -0.460. The van der Waals surface area contributed by atoms with Crippen molar-refractivity contribution < 1.29 is 4.79 Å². The fourth-order valence-electron chi connectivity index (χ4n) is 2.92. The number of nitrogens with zero attached hydrogens (tertiary/aromatic N) is 3. The van der Waals surface area contributed by atoms with Crippen molar-refractivity contribution in [3.63, 3.8) is 0 Å². The van der Waals surface area contributed by atoms with Gasteiger partial charge in [0.05, 0.1) is 6.07 Å². The highest BCUT2D eigenvalue weighted by molar-refractivity contribution is 6.10. The van der Waals surface area contributed by atoms with Crippen LogP contribution in [0.25, 0.3) is 17.0 Å². The molecule has 0 fully saturated rings. The smallest absolute Gasteiger partial charge is 0.266 e. The first kappa shape index (κ1) is 18.0. The third-order valence-electron chi connectivity index (χ3n) is 4.49. The standard InChI is InChI=1S/C22H18N4O/c1-15-7-8-19(11-16(15)2)25-22(27)17(13-24)12-18-14-26(10-9-23)21-6-4-3-5-20(18)21/h3-8,11-12,14H,10H2,1-2H3,(H,25,27). The molecule has 0 atom stereocenters. The molecule has 27 heavy (non-hydrogen) atoms. The van der Waals surface area contributed by atoms with Crippen LogP contribution in [0.3, 0.4) is 0 Å². The predicted molar refractivity (Wildman–Crippen MR) is 106 cm³/mol. The Kier molecular flexibility index (Phi) is 5.06. The van der Waals surface area contributed by atoms with Crippen LogP contribution in [0.2, 0.25) is 0 Å². The summed E-state index contributed by atoms with van der Waals surface area (Å²) in [4.78, 5) is 12.6. The van der Waals surface area contributed by atoms with Gasteiger partial charge in [0.25, 0.3) is 5.91 Å². The summed E-state index contributed by atoms with van der Waals surface area (Å²) >= 11 is 0. The maximum atomic E-state index is 12.6. The fourth-order valence-corrected chi connectivity index (χ4v) is 2.92. The predicted octanol–water partition coefficient (Wildman–Crippen LogP) is 4.33. The van der Waals surface area contributed by atoms with Crippen molar-refractivity contribution >= 4 is 28.6 Å². The summed E-state index contributed by atoms with van der Waals surface area (Å²) in [5.41, 5.74) is 4.47. The normalized spacial score (nSPS) is 11.0. The van der Waals surface area contributed by atoms with Gasteiger partial charge in [-0.05, 0) is 49.2 Å². The summed E-state index contributed by atoms with van der Waals surface area (Å²) in [6.07, 6.45) is 3.35. The number of anilines is 1. The Morgan fingerprint density at radius 2 is 1.93 bits per heavy atom. The van der Waals surface area contributed by atoms with Crippen molar-refractivity contribution in [1.29, 1.82) is 10.5 Å². The summed E-state index contributed by atoms with van der Waals surface area (Å²) in [6, 6.07) is 17.3. The molecule has 3 aromatic rings. The van der Waals surface area contributed by atoms with E-state index in [2.05, 4.69) is 11.4 Å². The first-order chi connectivity index (χ1) is 13.0. The van der Waals surface area contributed by atoms with Crippen molar-refractivity contribution in [3.05, 3.63) is 70.9 Å². The van der Waals surface area contributed by atoms with Crippen LogP contribution in [-0.4, -0.2) is 10.5 Å². The van der Waals surface area contributed by atoms with E-state index in [1.54, 1.807) is 16.8 Å². The van der Waals surface area contributed by atoms with E-state index in [4.69, 9.17) is 5.26 Å². The Morgan fingerprint density at radius 1 is 1.15 bits per heavy atom. The average molecular weight is 354 g/mol. The van der Waals surface area contributed by atoms with Gasteiger partial charge in [-0.15, -0.1) is 0 Å². The van der Waals surface area contributed by atoms with Crippen LogP contribution in [-0.2, 0) is 11.3 Å². The van der Waals surface area contributed by atoms with Crippen LogP contribution >= 0.6 is 0 Å². The highest BCUT2D eigenvalue weighted by Gasteiger charge is 2.13. The first-order valence-corrected chi connectivity index (χ1v) is 8.48. The molecule has 5 nitrogen and oxygen atoms in total. The second-order valence-corrected chi connectivity index (χ2v) is 6.31.